The molecule has 3 aromatic rings. The van der Waals surface area contributed by atoms with Gasteiger partial charge in [0.15, 0.2) is 5.69 Å². The molecule has 9 heteroatoms. The Hall–Kier alpha value is -3.03. The van der Waals surface area contributed by atoms with Crippen molar-refractivity contribution in [2.24, 2.45) is 7.05 Å². The van der Waals surface area contributed by atoms with E-state index in [9.17, 15) is 14.7 Å². The molecule has 0 radical (unpaired) electrons. The Kier molecular flexibility index (Phi) is 6.10. The van der Waals surface area contributed by atoms with E-state index in [2.05, 4.69) is 10.3 Å². The molecule has 0 unspecified atom stereocenters. The molecule has 0 saturated heterocycles. The van der Waals surface area contributed by atoms with E-state index in [-0.39, 0.29) is 18.1 Å². The topological polar surface area (TPSA) is 93.5 Å². The number of benzene rings is 2. The van der Waals surface area contributed by atoms with Crippen molar-refractivity contribution < 1.29 is 14.6 Å². The van der Waals surface area contributed by atoms with Gasteiger partial charge in [-0.25, -0.2) is 4.98 Å². The first kappa shape index (κ1) is 20.7. The highest BCUT2D eigenvalue weighted by atomic mass is 35.5. The van der Waals surface area contributed by atoms with Crippen LogP contribution >= 0.6 is 23.2 Å². The van der Waals surface area contributed by atoms with Gasteiger partial charge in [-0.1, -0.05) is 29.3 Å². The van der Waals surface area contributed by atoms with Crippen molar-refractivity contribution in [1.29, 1.82) is 0 Å². The maximum atomic E-state index is 12.6. The van der Waals surface area contributed by atoms with E-state index in [0.29, 0.717) is 26.9 Å². The van der Waals surface area contributed by atoms with Crippen LogP contribution in [-0.4, -0.2) is 27.7 Å². The van der Waals surface area contributed by atoms with Crippen LogP contribution in [0.2, 0.25) is 10.0 Å². The van der Waals surface area contributed by atoms with Crippen LogP contribution in [0.3, 0.4) is 0 Å². The fourth-order valence-corrected chi connectivity index (χ4v) is 2.98. The van der Waals surface area contributed by atoms with E-state index < -0.39 is 17.2 Å². The second-order valence-corrected chi connectivity index (χ2v) is 6.97. The number of nitrogens with zero attached hydrogens (tertiary/aromatic N) is 2. The zero-order chi connectivity index (χ0) is 21.1. The second kappa shape index (κ2) is 8.55. The molecule has 0 saturated carbocycles. The van der Waals surface area contributed by atoms with Gasteiger partial charge in [0.1, 0.15) is 11.6 Å². The summed E-state index contributed by atoms with van der Waals surface area (Å²) in [5.41, 5.74) is 0.194. The number of hydrogen-bond acceptors (Lipinski definition) is 5. The van der Waals surface area contributed by atoms with Crippen LogP contribution in [0.25, 0.3) is 11.4 Å². The minimum Gasteiger partial charge on any atom is -0.501 e. The molecule has 1 heterocycles. The van der Waals surface area contributed by atoms with Crippen LogP contribution in [0.15, 0.2) is 47.3 Å². The van der Waals surface area contributed by atoms with E-state index in [0.717, 1.165) is 0 Å². The van der Waals surface area contributed by atoms with Crippen molar-refractivity contribution in [2.75, 3.05) is 7.11 Å². The van der Waals surface area contributed by atoms with Gasteiger partial charge in [0.25, 0.3) is 11.5 Å². The average Bonchev–Trinajstić information content (AvgIpc) is 2.73. The molecule has 2 N–H and O–H groups in total. The van der Waals surface area contributed by atoms with Crippen LogP contribution in [0.1, 0.15) is 16.1 Å². The predicted octanol–water partition coefficient (Wildman–Crippen LogP) is 3.40. The van der Waals surface area contributed by atoms with Crippen LogP contribution in [0.4, 0.5) is 0 Å². The summed E-state index contributed by atoms with van der Waals surface area (Å²) in [7, 11) is 3.01. The Bertz CT molecular complexity index is 1130. The summed E-state index contributed by atoms with van der Waals surface area (Å²) in [6.45, 7) is 0.115. The first-order valence-electron chi connectivity index (χ1n) is 8.48. The van der Waals surface area contributed by atoms with E-state index in [1.54, 1.807) is 49.6 Å². The predicted molar refractivity (Wildman–Crippen MR) is 111 cm³/mol. The molecule has 150 valence electrons. The molecular formula is C20H17Cl2N3O4. The largest absolute Gasteiger partial charge is 0.501 e. The fourth-order valence-electron chi connectivity index (χ4n) is 2.66. The Morgan fingerprint density at radius 2 is 1.86 bits per heavy atom. The van der Waals surface area contributed by atoms with Crippen LogP contribution < -0.4 is 15.6 Å². The van der Waals surface area contributed by atoms with E-state index >= 15 is 0 Å². The molecule has 7 nitrogen and oxygen atoms in total. The zero-order valence-electron chi connectivity index (χ0n) is 15.6. The van der Waals surface area contributed by atoms with Gasteiger partial charge in [0, 0.05) is 19.2 Å². The quantitative estimate of drug-likeness (QED) is 0.642. The van der Waals surface area contributed by atoms with Crippen LogP contribution in [0, 0.1) is 0 Å². The van der Waals surface area contributed by atoms with Crippen molar-refractivity contribution in [3.05, 3.63) is 74.1 Å². The average molecular weight is 434 g/mol. The zero-order valence-corrected chi connectivity index (χ0v) is 17.1. The van der Waals surface area contributed by atoms with Crippen molar-refractivity contribution in [2.45, 2.75) is 6.54 Å². The molecule has 2 aromatic carbocycles. The minimum atomic E-state index is -0.731. The summed E-state index contributed by atoms with van der Waals surface area (Å²) in [5, 5.41) is 13.5. The summed E-state index contributed by atoms with van der Waals surface area (Å²) in [4.78, 5) is 29.2. The maximum Gasteiger partial charge on any atom is 0.296 e. The van der Waals surface area contributed by atoms with Crippen molar-refractivity contribution in [3.63, 3.8) is 0 Å². The SMILES string of the molecule is COc1ccc(-c2nc(C(=O)NCc3ccc(Cl)c(Cl)c3)c(O)c(=O)n2C)cc1. The summed E-state index contributed by atoms with van der Waals surface area (Å²) >= 11 is 11.8. The molecule has 0 fully saturated rings. The molecule has 0 aliphatic heterocycles. The van der Waals surface area contributed by atoms with Gasteiger partial charge >= 0.3 is 0 Å². The molecule has 0 spiro atoms. The van der Waals surface area contributed by atoms with Gasteiger partial charge in [-0.05, 0) is 42.0 Å². The standard InChI is InChI=1S/C20H17Cl2N3O4/c1-25-18(12-4-6-13(29-2)7-5-12)24-16(17(26)20(25)28)19(27)23-10-11-3-8-14(21)15(22)9-11/h3-9,26H,10H2,1-2H3,(H,23,27). The van der Waals surface area contributed by atoms with E-state index in [1.165, 1.54) is 11.6 Å². The van der Waals surface area contributed by atoms with Gasteiger partial charge in [0.05, 0.1) is 17.2 Å². The third-order valence-electron chi connectivity index (χ3n) is 4.27. The number of amides is 1. The first-order valence-corrected chi connectivity index (χ1v) is 9.24. The molecule has 1 amide bonds. The first-order chi connectivity index (χ1) is 13.8. The smallest absolute Gasteiger partial charge is 0.296 e. The molecule has 0 aliphatic carbocycles. The Morgan fingerprint density at radius 1 is 1.17 bits per heavy atom. The number of ether oxygens (including phenoxy) is 1. The molecule has 29 heavy (non-hydrogen) atoms. The highest BCUT2D eigenvalue weighted by molar-refractivity contribution is 6.42. The monoisotopic (exact) mass is 433 g/mol. The minimum absolute atomic E-state index is 0.115. The number of carbonyl (C=O) groups is 1. The maximum absolute atomic E-state index is 12.6. The number of carbonyl (C=O) groups excluding carboxylic acids is 1. The number of aromatic nitrogens is 2. The Morgan fingerprint density at radius 3 is 2.48 bits per heavy atom. The molecule has 3 rings (SSSR count). The highest BCUT2D eigenvalue weighted by Gasteiger charge is 2.20. The van der Waals surface area contributed by atoms with Gasteiger partial charge in [-0.3, -0.25) is 14.2 Å². The summed E-state index contributed by atoms with van der Waals surface area (Å²) in [5.74, 6) is -0.551. The normalized spacial score (nSPS) is 10.6. The number of halogens is 2. The number of hydrogen-bond donors (Lipinski definition) is 2. The third-order valence-corrected chi connectivity index (χ3v) is 5.01. The summed E-state index contributed by atoms with van der Waals surface area (Å²) in [6.07, 6.45) is 0. The van der Waals surface area contributed by atoms with Crippen molar-refractivity contribution in [1.82, 2.24) is 14.9 Å². The van der Waals surface area contributed by atoms with E-state index in [4.69, 9.17) is 27.9 Å². The lowest BCUT2D eigenvalue weighted by atomic mass is 10.2. The van der Waals surface area contributed by atoms with Crippen LogP contribution in [0.5, 0.6) is 11.5 Å². The lowest BCUT2D eigenvalue weighted by Crippen LogP contribution is -2.29. The van der Waals surface area contributed by atoms with Crippen molar-refractivity contribution in [3.8, 4) is 22.9 Å². The number of methoxy groups -OCH3 is 1. The van der Waals surface area contributed by atoms with E-state index in [1.807, 2.05) is 0 Å². The van der Waals surface area contributed by atoms with Gasteiger partial charge in [-0.15, -0.1) is 0 Å². The Labute approximate surface area is 176 Å². The lowest BCUT2D eigenvalue weighted by molar-refractivity contribution is 0.0942. The van der Waals surface area contributed by atoms with Crippen LogP contribution in [-0.2, 0) is 13.6 Å². The molecule has 0 atom stereocenters. The number of rotatable bonds is 5. The summed E-state index contributed by atoms with van der Waals surface area (Å²) in [6, 6.07) is 11.8. The number of aromatic hydroxyl groups is 1. The number of nitrogens with one attached hydrogen (secondary N) is 1. The Balaban J connectivity index is 1.91. The van der Waals surface area contributed by atoms with Gasteiger partial charge in [0.2, 0.25) is 5.75 Å². The van der Waals surface area contributed by atoms with Gasteiger partial charge in [-0.2, -0.15) is 0 Å². The van der Waals surface area contributed by atoms with Gasteiger partial charge < -0.3 is 15.2 Å². The third kappa shape index (κ3) is 4.36. The molecular weight excluding hydrogens is 417 g/mol. The second-order valence-electron chi connectivity index (χ2n) is 6.16. The lowest BCUT2D eigenvalue weighted by Gasteiger charge is -2.12. The molecule has 0 bridgehead atoms. The summed E-state index contributed by atoms with van der Waals surface area (Å²) < 4.78 is 6.29. The molecule has 1 aromatic heterocycles. The highest BCUT2D eigenvalue weighted by Crippen LogP contribution is 2.23. The van der Waals surface area contributed by atoms with Crippen molar-refractivity contribution >= 4 is 29.1 Å². The molecule has 0 aliphatic rings. The fraction of sp³-hybridized carbons (Fsp3) is 0.150.